The van der Waals surface area contributed by atoms with Crippen LogP contribution in [-0.4, -0.2) is 38.5 Å². The summed E-state index contributed by atoms with van der Waals surface area (Å²) >= 11 is 0. The molecule has 0 atom stereocenters. The second-order valence-corrected chi connectivity index (χ2v) is 7.59. The molecule has 1 aromatic carbocycles. The molecule has 7 heteroatoms. The number of amides is 4. The van der Waals surface area contributed by atoms with Crippen molar-refractivity contribution in [1.29, 1.82) is 0 Å². The van der Waals surface area contributed by atoms with E-state index in [1.807, 2.05) is 20.8 Å². The molecule has 0 fully saturated rings. The Balaban J connectivity index is 2.00. The number of carbonyl (C=O) groups is 4. The molecule has 0 saturated heterocycles. The van der Waals surface area contributed by atoms with Crippen molar-refractivity contribution in [1.82, 2.24) is 9.80 Å². The number of benzene rings is 1. The average molecular weight is 368 g/mol. The van der Waals surface area contributed by atoms with Gasteiger partial charge >= 0.3 is 0 Å². The molecule has 0 saturated carbocycles. The first kappa shape index (κ1) is 18.6. The Morgan fingerprint density at radius 1 is 0.741 bits per heavy atom. The third-order valence-corrected chi connectivity index (χ3v) is 4.59. The zero-order chi connectivity index (χ0) is 19.9. The number of rotatable bonds is 4. The Bertz CT molecular complexity index is 820. The summed E-state index contributed by atoms with van der Waals surface area (Å²) in [5, 5.41) is 10.7. The molecule has 4 amide bonds. The van der Waals surface area contributed by atoms with E-state index >= 15 is 0 Å². The van der Waals surface area contributed by atoms with Gasteiger partial charge in [0.1, 0.15) is 5.75 Å². The standard InChI is InChI=1S/C20H20N2O5/c1-20(2,3)14-8-12(10-21-15(23)4-5-16(21)24)19(27)13(9-14)11-22-17(25)6-7-18(22)26/h4-9,27H,10-11H2,1-3H3. The lowest BCUT2D eigenvalue weighted by Crippen LogP contribution is -2.31. The maximum absolute atomic E-state index is 11.9. The normalized spacial score (nSPS) is 17.0. The van der Waals surface area contributed by atoms with Crippen LogP contribution in [0.15, 0.2) is 36.4 Å². The molecular weight excluding hydrogens is 348 g/mol. The second kappa shape index (κ2) is 6.50. The molecule has 0 aromatic heterocycles. The van der Waals surface area contributed by atoms with E-state index < -0.39 is 23.6 Å². The van der Waals surface area contributed by atoms with E-state index in [2.05, 4.69) is 0 Å². The Kier molecular flexibility index (Phi) is 4.47. The SMILES string of the molecule is CC(C)(C)c1cc(CN2C(=O)C=CC2=O)c(O)c(CN2C(=O)C=CC2=O)c1. The molecule has 0 aliphatic carbocycles. The molecule has 1 N–H and O–H groups in total. The lowest BCUT2D eigenvalue weighted by molar-refractivity contribution is -0.138. The van der Waals surface area contributed by atoms with Gasteiger partial charge in [-0.3, -0.25) is 29.0 Å². The summed E-state index contributed by atoms with van der Waals surface area (Å²) in [7, 11) is 0. The Morgan fingerprint density at radius 3 is 1.37 bits per heavy atom. The highest BCUT2D eigenvalue weighted by atomic mass is 16.3. The van der Waals surface area contributed by atoms with E-state index in [1.54, 1.807) is 12.1 Å². The molecule has 27 heavy (non-hydrogen) atoms. The molecule has 140 valence electrons. The van der Waals surface area contributed by atoms with Crippen LogP contribution < -0.4 is 0 Å². The first-order chi connectivity index (χ1) is 12.6. The third kappa shape index (κ3) is 3.53. The van der Waals surface area contributed by atoms with Gasteiger partial charge in [0.25, 0.3) is 23.6 Å². The molecule has 3 rings (SSSR count). The van der Waals surface area contributed by atoms with Gasteiger partial charge in [0.05, 0.1) is 13.1 Å². The van der Waals surface area contributed by atoms with Gasteiger partial charge in [-0.05, 0) is 23.1 Å². The first-order valence-corrected chi connectivity index (χ1v) is 8.50. The summed E-state index contributed by atoms with van der Waals surface area (Å²) in [6, 6.07) is 3.48. The molecule has 7 nitrogen and oxygen atoms in total. The van der Waals surface area contributed by atoms with Crippen molar-refractivity contribution in [3.05, 3.63) is 53.1 Å². The molecule has 0 bridgehead atoms. The summed E-state index contributed by atoms with van der Waals surface area (Å²) < 4.78 is 0. The fraction of sp³-hybridized carbons (Fsp3) is 0.300. The van der Waals surface area contributed by atoms with E-state index in [0.717, 1.165) is 15.4 Å². The Morgan fingerprint density at radius 2 is 1.07 bits per heavy atom. The summed E-state index contributed by atoms with van der Waals surface area (Å²) in [5.41, 5.74) is 1.33. The highest BCUT2D eigenvalue weighted by molar-refractivity contribution is 6.13. The highest BCUT2D eigenvalue weighted by Gasteiger charge is 2.29. The fourth-order valence-electron chi connectivity index (χ4n) is 2.95. The van der Waals surface area contributed by atoms with Crippen LogP contribution in [0.1, 0.15) is 37.5 Å². The van der Waals surface area contributed by atoms with E-state index in [0.29, 0.717) is 11.1 Å². The minimum absolute atomic E-state index is 0.0897. The zero-order valence-corrected chi connectivity index (χ0v) is 15.4. The number of imide groups is 2. The van der Waals surface area contributed by atoms with Gasteiger partial charge in [-0.2, -0.15) is 0 Å². The predicted octanol–water partition coefficient (Wildman–Crippen LogP) is 1.54. The largest absolute Gasteiger partial charge is 0.507 e. The van der Waals surface area contributed by atoms with Crippen molar-refractivity contribution in [3.8, 4) is 5.75 Å². The van der Waals surface area contributed by atoms with Crippen molar-refractivity contribution in [2.24, 2.45) is 0 Å². The van der Waals surface area contributed by atoms with Crippen molar-refractivity contribution in [2.75, 3.05) is 0 Å². The van der Waals surface area contributed by atoms with Crippen molar-refractivity contribution in [2.45, 2.75) is 39.3 Å². The van der Waals surface area contributed by atoms with E-state index in [1.165, 1.54) is 24.3 Å². The van der Waals surface area contributed by atoms with Gasteiger partial charge in [-0.1, -0.05) is 20.8 Å². The summed E-state index contributed by atoms with van der Waals surface area (Å²) in [6.07, 6.45) is 4.73. The third-order valence-electron chi connectivity index (χ3n) is 4.59. The number of aromatic hydroxyl groups is 1. The van der Waals surface area contributed by atoms with E-state index in [-0.39, 0.29) is 24.3 Å². The summed E-state index contributed by atoms with van der Waals surface area (Å²) in [6.45, 7) is 5.76. The minimum atomic E-state index is -0.448. The van der Waals surface area contributed by atoms with Crippen LogP contribution >= 0.6 is 0 Å². The number of phenolic OH excluding ortho intramolecular Hbond substituents is 1. The van der Waals surface area contributed by atoms with Crippen molar-refractivity contribution < 1.29 is 24.3 Å². The minimum Gasteiger partial charge on any atom is -0.507 e. The molecular formula is C20H20N2O5. The molecule has 2 aliphatic rings. The van der Waals surface area contributed by atoms with E-state index in [4.69, 9.17) is 0 Å². The maximum Gasteiger partial charge on any atom is 0.253 e. The number of carbonyl (C=O) groups excluding carboxylic acids is 4. The molecule has 0 radical (unpaired) electrons. The van der Waals surface area contributed by atoms with Crippen LogP contribution in [-0.2, 0) is 37.7 Å². The number of hydrogen-bond acceptors (Lipinski definition) is 5. The highest BCUT2D eigenvalue weighted by Crippen LogP contribution is 2.33. The van der Waals surface area contributed by atoms with Crippen molar-refractivity contribution >= 4 is 23.6 Å². The van der Waals surface area contributed by atoms with Gasteiger partial charge < -0.3 is 5.11 Å². The Hall–Kier alpha value is -3.22. The van der Waals surface area contributed by atoms with Gasteiger partial charge in [0, 0.05) is 35.4 Å². The van der Waals surface area contributed by atoms with E-state index in [9.17, 15) is 24.3 Å². The smallest absolute Gasteiger partial charge is 0.253 e. The molecule has 2 aliphatic heterocycles. The van der Waals surface area contributed by atoms with Crippen LogP contribution in [0.3, 0.4) is 0 Å². The molecule has 2 heterocycles. The molecule has 0 spiro atoms. The monoisotopic (exact) mass is 368 g/mol. The number of hydrogen-bond donors (Lipinski definition) is 1. The maximum atomic E-state index is 11.9. The molecule has 0 unspecified atom stereocenters. The van der Waals surface area contributed by atoms with Gasteiger partial charge in [0.15, 0.2) is 0 Å². The van der Waals surface area contributed by atoms with Crippen LogP contribution in [0.2, 0.25) is 0 Å². The predicted molar refractivity (Wildman–Crippen MR) is 96.2 cm³/mol. The number of phenols is 1. The zero-order valence-electron chi connectivity index (χ0n) is 15.4. The Labute approximate surface area is 156 Å². The van der Waals surface area contributed by atoms with Crippen LogP contribution in [0.25, 0.3) is 0 Å². The molecule has 1 aromatic rings. The quantitative estimate of drug-likeness (QED) is 0.814. The lowest BCUT2D eigenvalue weighted by Gasteiger charge is -2.25. The average Bonchev–Trinajstić information content (AvgIpc) is 3.07. The summed E-state index contributed by atoms with van der Waals surface area (Å²) in [5.74, 6) is -1.93. The summed E-state index contributed by atoms with van der Waals surface area (Å²) in [4.78, 5) is 49.5. The van der Waals surface area contributed by atoms with Gasteiger partial charge in [0.2, 0.25) is 0 Å². The lowest BCUT2D eigenvalue weighted by atomic mass is 9.84. The van der Waals surface area contributed by atoms with Crippen LogP contribution in [0.5, 0.6) is 5.75 Å². The van der Waals surface area contributed by atoms with Crippen LogP contribution in [0.4, 0.5) is 0 Å². The van der Waals surface area contributed by atoms with Crippen LogP contribution in [0, 0.1) is 0 Å². The second-order valence-electron chi connectivity index (χ2n) is 7.59. The fourth-order valence-corrected chi connectivity index (χ4v) is 2.95. The topological polar surface area (TPSA) is 95.0 Å². The first-order valence-electron chi connectivity index (χ1n) is 8.50. The van der Waals surface area contributed by atoms with Gasteiger partial charge in [-0.15, -0.1) is 0 Å². The van der Waals surface area contributed by atoms with Gasteiger partial charge in [-0.25, -0.2) is 0 Å². The number of nitrogens with zero attached hydrogens (tertiary/aromatic N) is 2. The van der Waals surface area contributed by atoms with Crippen molar-refractivity contribution in [3.63, 3.8) is 0 Å².